The van der Waals surface area contributed by atoms with Gasteiger partial charge in [-0.3, -0.25) is 19.8 Å². The summed E-state index contributed by atoms with van der Waals surface area (Å²) in [6, 6.07) is -0.318. The zero-order valence-corrected chi connectivity index (χ0v) is 9.53. The largest absolute Gasteiger partial charge is 0.390 e. The van der Waals surface area contributed by atoms with Gasteiger partial charge in [0, 0.05) is 6.54 Å². The van der Waals surface area contributed by atoms with E-state index in [0.29, 0.717) is 13.0 Å². The van der Waals surface area contributed by atoms with Crippen molar-refractivity contribution < 1.29 is 14.7 Å². The van der Waals surface area contributed by atoms with E-state index in [0.717, 1.165) is 19.4 Å². The molecule has 2 heterocycles. The average Bonchev–Trinajstić information content (AvgIpc) is 2.41. The number of carbonyl (C=O) groups is 2. The summed E-state index contributed by atoms with van der Waals surface area (Å²) < 4.78 is 0. The third-order valence-corrected chi connectivity index (χ3v) is 3.48. The van der Waals surface area contributed by atoms with Crippen LogP contribution in [0.5, 0.6) is 0 Å². The molecule has 2 unspecified atom stereocenters. The molecule has 2 fully saturated rings. The standard InChI is InChI=1S/C11H18N2O3/c1-11(16)3-2-5-13(6-4-11)8-7-9(14)12-10(8)15/h8,16H,2-7H2,1H3,(H,12,14,15). The van der Waals surface area contributed by atoms with Gasteiger partial charge in [0.1, 0.15) is 0 Å². The molecular weight excluding hydrogens is 208 g/mol. The molecule has 5 nitrogen and oxygen atoms in total. The van der Waals surface area contributed by atoms with Crippen molar-refractivity contribution in [2.24, 2.45) is 0 Å². The minimum atomic E-state index is -0.631. The second-order valence-corrected chi connectivity index (χ2v) is 5.02. The third kappa shape index (κ3) is 2.41. The van der Waals surface area contributed by atoms with Gasteiger partial charge < -0.3 is 5.11 Å². The highest BCUT2D eigenvalue weighted by molar-refractivity contribution is 6.05. The van der Waals surface area contributed by atoms with Crippen molar-refractivity contribution in [2.75, 3.05) is 13.1 Å². The van der Waals surface area contributed by atoms with Crippen LogP contribution in [0.3, 0.4) is 0 Å². The molecular formula is C11H18N2O3. The first-order valence-electron chi connectivity index (χ1n) is 5.78. The van der Waals surface area contributed by atoms with Gasteiger partial charge in [-0.15, -0.1) is 0 Å². The molecule has 0 spiro atoms. The lowest BCUT2D eigenvalue weighted by Crippen LogP contribution is -2.41. The minimum Gasteiger partial charge on any atom is -0.390 e. The molecule has 0 saturated carbocycles. The van der Waals surface area contributed by atoms with Gasteiger partial charge in [0.15, 0.2) is 0 Å². The Morgan fingerprint density at radius 1 is 1.38 bits per heavy atom. The number of hydrogen-bond acceptors (Lipinski definition) is 4. The van der Waals surface area contributed by atoms with Crippen molar-refractivity contribution in [1.82, 2.24) is 10.2 Å². The van der Waals surface area contributed by atoms with Crippen molar-refractivity contribution in [3.8, 4) is 0 Å². The van der Waals surface area contributed by atoms with Crippen LogP contribution in [-0.4, -0.2) is 46.6 Å². The molecule has 16 heavy (non-hydrogen) atoms. The average molecular weight is 226 g/mol. The number of amides is 2. The molecule has 0 radical (unpaired) electrons. The summed E-state index contributed by atoms with van der Waals surface area (Å²) in [6.45, 7) is 3.29. The van der Waals surface area contributed by atoms with E-state index >= 15 is 0 Å². The molecule has 0 bridgehead atoms. The second-order valence-electron chi connectivity index (χ2n) is 5.02. The highest BCUT2D eigenvalue weighted by atomic mass is 16.3. The summed E-state index contributed by atoms with van der Waals surface area (Å²) in [5.41, 5.74) is -0.631. The molecule has 0 aromatic carbocycles. The number of imide groups is 1. The van der Waals surface area contributed by atoms with Crippen molar-refractivity contribution in [3.05, 3.63) is 0 Å². The number of hydrogen-bond donors (Lipinski definition) is 2. The normalized spacial score (nSPS) is 37.2. The van der Waals surface area contributed by atoms with Crippen molar-refractivity contribution >= 4 is 11.8 Å². The Bertz CT molecular complexity index is 314. The Kier molecular flexibility index (Phi) is 2.99. The first kappa shape index (κ1) is 11.5. The van der Waals surface area contributed by atoms with E-state index in [-0.39, 0.29) is 24.3 Å². The van der Waals surface area contributed by atoms with Crippen LogP contribution in [-0.2, 0) is 9.59 Å². The van der Waals surface area contributed by atoms with Crippen LogP contribution in [0.2, 0.25) is 0 Å². The highest BCUT2D eigenvalue weighted by Crippen LogP contribution is 2.24. The lowest BCUT2D eigenvalue weighted by molar-refractivity contribution is -0.126. The minimum absolute atomic E-state index is 0.188. The van der Waals surface area contributed by atoms with Crippen molar-refractivity contribution in [1.29, 1.82) is 0 Å². The van der Waals surface area contributed by atoms with E-state index in [1.54, 1.807) is 0 Å². The maximum Gasteiger partial charge on any atom is 0.244 e. The van der Waals surface area contributed by atoms with E-state index in [9.17, 15) is 14.7 Å². The van der Waals surface area contributed by atoms with E-state index in [4.69, 9.17) is 0 Å². The number of rotatable bonds is 1. The summed E-state index contributed by atoms with van der Waals surface area (Å²) in [5.74, 6) is -0.377. The number of nitrogens with zero attached hydrogens (tertiary/aromatic N) is 1. The van der Waals surface area contributed by atoms with Crippen LogP contribution in [0, 0.1) is 0 Å². The molecule has 2 atom stereocenters. The number of carbonyl (C=O) groups excluding carboxylic acids is 2. The molecule has 2 amide bonds. The maximum absolute atomic E-state index is 11.5. The Morgan fingerprint density at radius 3 is 2.75 bits per heavy atom. The lowest BCUT2D eigenvalue weighted by Gasteiger charge is -2.25. The van der Waals surface area contributed by atoms with Crippen molar-refractivity contribution in [2.45, 2.75) is 44.2 Å². The molecule has 2 rings (SSSR count). The van der Waals surface area contributed by atoms with Gasteiger partial charge in [-0.1, -0.05) is 0 Å². The second kappa shape index (κ2) is 4.14. The number of aliphatic hydroxyl groups is 1. The predicted octanol–water partition coefficient (Wildman–Crippen LogP) is -0.362. The van der Waals surface area contributed by atoms with Gasteiger partial charge in [0.05, 0.1) is 18.1 Å². The fourth-order valence-corrected chi connectivity index (χ4v) is 2.43. The predicted molar refractivity (Wildman–Crippen MR) is 57.6 cm³/mol. The van der Waals surface area contributed by atoms with Gasteiger partial charge in [0.2, 0.25) is 11.8 Å². The molecule has 2 N–H and O–H groups in total. The first-order chi connectivity index (χ1) is 7.48. The van der Waals surface area contributed by atoms with E-state index in [1.807, 2.05) is 11.8 Å². The van der Waals surface area contributed by atoms with Crippen molar-refractivity contribution in [3.63, 3.8) is 0 Å². The zero-order valence-electron chi connectivity index (χ0n) is 9.53. The number of likely N-dealkylation sites (tertiary alicyclic amines) is 1. The fourth-order valence-electron chi connectivity index (χ4n) is 2.43. The summed E-state index contributed by atoms with van der Waals surface area (Å²) in [4.78, 5) is 24.6. The maximum atomic E-state index is 11.5. The molecule has 0 aromatic heterocycles. The highest BCUT2D eigenvalue weighted by Gasteiger charge is 2.37. The van der Waals surface area contributed by atoms with Crippen LogP contribution in [0.4, 0.5) is 0 Å². The fraction of sp³-hybridized carbons (Fsp3) is 0.818. The quantitative estimate of drug-likeness (QED) is 0.599. The van der Waals surface area contributed by atoms with Gasteiger partial charge in [-0.05, 0) is 32.7 Å². The summed E-state index contributed by atoms with van der Waals surface area (Å²) in [6.07, 6.45) is 2.54. The Morgan fingerprint density at radius 2 is 2.12 bits per heavy atom. The van der Waals surface area contributed by atoms with Crippen LogP contribution in [0.1, 0.15) is 32.6 Å². The summed E-state index contributed by atoms with van der Waals surface area (Å²) >= 11 is 0. The van der Waals surface area contributed by atoms with Gasteiger partial charge in [-0.2, -0.15) is 0 Å². The number of nitrogens with one attached hydrogen (secondary N) is 1. The van der Waals surface area contributed by atoms with Crippen LogP contribution < -0.4 is 5.32 Å². The molecule has 2 saturated heterocycles. The SMILES string of the molecule is CC1(O)CCCN(C2CC(=O)NC2=O)CC1. The van der Waals surface area contributed by atoms with Gasteiger partial charge in [0.25, 0.3) is 0 Å². The molecule has 0 aliphatic carbocycles. The lowest BCUT2D eigenvalue weighted by atomic mass is 9.98. The topological polar surface area (TPSA) is 69.6 Å². The summed E-state index contributed by atoms with van der Waals surface area (Å²) in [5, 5.41) is 12.3. The third-order valence-electron chi connectivity index (χ3n) is 3.48. The summed E-state index contributed by atoms with van der Waals surface area (Å²) in [7, 11) is 0. The molecule has 0 aromatic rings. The Labute approximate surface area is 94.8 Å². The Balaban J connectivity index is 2.00. The van der Waals surface area contributed by atoms with Crippen LogP contribution >= 0.6 is 0 Å². The van der Waals surface area contributed by atoms with E-state index in [1.165, 1.54) is 0 Å². The monoisotopic (exact) mass is 226 g/mol. The first-order valence-corrected chi connectivity index (χ1v) is 5.78. The molecule has 5 heteroatoms. The molecule has 2 aliphatic rings. The Hall–Kier alpha value is -0.940. The smallest absolute Gasteiger partial charge is 0.244 e. The van der Waals surface area contributed by atoms with Crippen LogP contribution in [0.25, 0.3) is 0 Å². The van der Waals surface area contributed by atoms with Gasteiger partial charge >= 0.3 is 0 Å². The van der Waals surface area contributed by atoms with Gasteiger partial charge in [-0.25, -0.2) is 0 Å². The van der Waals surface area contributed by atoms with E-state index < -0.39 is 5.60 Å². The zero-order chi connectivity index (χ0) is 11.8. The molecule has 90 valence electrons. The van der Waals surface area contributed by atoms with E-state index in [2.05, 4.69) is 5.32 Å². The molecule has 2 aliphatic heterocycles. The van der Waals surface area contributed by atoms with Crippen LogP contribution in [0.15, 0.2) is 0 Å².